The van der Waals surface area contributed by atoms with Gasteiger partial charge < -0.3 is 0 Å². The summed E-state index contributed by atoms with van der Waals surface area (Å²) in [5, 5.41) is 2.15. The highest BCUT2D eigenvalue weighted by molar-refractivity contribution is 7.10. The zero-order valence-corrected chi connectivity index (χ0v) is 9.68. The first-order valence-corrected chi connectivity index (χ1v) is 5.92. The van der Waals surface area contributed by atoms with Crippen LogP contribution >= 0.6 is 11.3 Å². The fourth-order valence-electron chi connectivity index (χ4n) is 1.65. The third kappa shape index (κ3) is 2.18. The largest absolute Gasteiger partial charge is 0.148 e. The normalized spacial score (nSPS) is 10.2. The lowest BCUT2D eigenvalue weighted by Crippen LogP contribution is -1.90. The predicted molar refractivity (Wildman–Crippen MR) is 68.4 cm³/mol. The van der Waals surface area contributed by atoms with Crippen LogP contribution in [0.3, 0.4) is 0 Å². The summed E-state index contributed by atoms with van der Waals surface area (Å²) in [5.74, 6) is 0. The topological polar surface area (TPSA) is 0 Å². The molecular formula is C14H14S. The molecular weight excluding hydrogens is 200 g/mol. The molecule has 1 aromatic carbocycles. The second-order valence-electron chi connectivity index (χ2n) is 3.61. The van der Waals surface area contributed by atoms with Crippen LogP contribution < -0.4 is 0 Å². The van der Waals surface area contributed by atoms with Crippen LogP contribution in [-0.4, -0.2) is 0 Å². The summed E-state index contributed by atoms with van der Waals surface area (Å²) >= 11 is 1.83. The van der Waals surface area contributed by atoms with Crippen LogP contribution in [0, 0.1) is 6.92 Å². The standard InChI is InChI=1S/C14H14S/c1-3-12-6-4-5-7-13(12)10-14-11(2)8-9-15-14/h3-9H,1,10H2,2H3. The number of aryl methyl sites for hydroxylation is 1. The Kier molecular flexibility index (Phi) is 3.02. The van der Waals surface area contributed by atoms with E-state index in [1.165, 1.54) is 21.6 Å². The number of hydrogen-bond donors (Lipinski definition) is 0. The SMILES string of the molecule is C=Cc1ccccc1Cc1sccc1C. The van der Waals surface area contributed by atoms with Gasteiger partial charge in [0.2, 0.25) is 0 Å². The average molecular weight is 214 g/mol. The van der Waals surface area contributed by atoms with Gasteiger partial charge in [0.15, 0.2) is 0 Å². The van der Waals surface area contributed by atoms with Crippen molar-refractivity contribution in [2.75, 3.05) is 0 Å². The Labute approximate surface area is 94.9 Å². The quantitative estimate of drug-likeness (QED) is 0.715. The zero-order valence-electron chi connectivity index (χ0n) is 8.86. The van der Waals surface area contributed by atoms with Crippen LogP contribution in [0.15, 0.2) is 42.3 Å². The molecule has 0 bridgehead atoms. The lowest BCUT2D eigenvalue weighted by molar-refractivity contribution is 1.20. The number of benzene rings is 1. The molecule has 0 aliphatic carbocycles. The first-order valence-electron chi connectivity index (χ1n) is 5.04. The summed E-state index contributed by atoms with van der Waals surface area (Å²) in [6.45, 7) is 6.02. The Balaban J connectivity index is 2.32. The molecule has 0 saturated heterocycles. The highest BCUT2D eigenvalue weighted by Gasteiger charge is 2.03. The lowest BCUT2D eigenvalue weighted by atomic mass is 10.0. The van der Waals surface area contributed by atoms with Gasteiger partial charge in [0, 0.05) is 11.3 Å². The molecule has 0 nitrogen and oxygen atoms in total. The molecule has 2 aromatic rings. The smallest absolute Gasteiger partial charge is 0.0118 e. The summed E-state index contributed by atoms with van der Waals surface area (Å²) in [6, 6.07) is 10.6. The molecule has 2 rings (SSSR count). The van der Waals surface area contributed by atoms with Crippen molar-refractivity contribution >= 4 is 17.4 Å². The average Bonchev–Trinajstić information content (AvgIpc) is 2.65. The van der Waals surface area contributed by atoms with Gasteiger partial charge in [0.05, 0.1) is 0 Å². The molecule has 0 aliphatic heterocycles. The van der Waals surface area contributed by atoms with Crippen molar-refractivity contribution in [3.63, 3.8) is 0 Å². The zero-order chi connectivity index (χ0) is 10.7. The first kappa shape index (κ1) is 10.2. The minimum atomic E-state index is 1.02. The van der Waals surface area contributed by atoms with Gasteiger partial charge in [-0.2, -0.15) is 0 Å². The molecule has 0 N–H and O–H groups in total. The van der Waals surface area contributed by atoms with E-state index in [4.69, 9.17) is 0 Å². The molecule has 0 fully saturated rings. The van der Waals surface area contributed by atoms with E-state index in [-0.39, 0.29) is 0 Å². The number of hydrogen-bond acceptors (Lipinski definition) is 1. The predicted octanol–water partition coefficient (Wildman–Crippen LogP) is 4.29. The van der Waals surface area contributed by atoms with Gasteiger partial charge in [-0.1, -0.05) is 36.9 Å². The van der Waals surface area contributed by atoms with Crippen molar-refractivity contribution < 1.29 is 0 Å². The summed E-state index contributed by atoms with van der Waals surface area (Å²) in [7, 11) is 0. The first-order chi connectivity index (χ1) is 7.31. The van der Waals surface area contributed by atoms with E-state index in [2.05, 4.69) is 49.2 Å². The molecule has 1 heteroatoms. The van der Waals surface area contributed by atoms with Gasteiger partial charge in [-0.05, 0) is 35.1 Å². The second kappa shape index (κ2) is 4.45. The highest BCUT2D eigenvalue weighted by Crippen LogP contribution is 2.22. The van der Waals surface area contributed by atoms with Gasteiger partial charge in [0.25, 0.3) is 0 Å². The third-order valence-electron chi connectivity index (χ3n) is 2.59. The van der Waals surface area contributed by atoms with Crippen LogP contribution in [0.1, 0.15) is 21.6 Å². The maximum Gasteiger partial charge on any atom is 0.0118 e. The van der Waals surface area contributed by atoms with Crippen LogP contribution in [0.2, 0.25) is 0 Å². The molecule has 1 heterocycles. The van der Waals surface area contributed by atoms with Crippen molar-refractivity contribution in [1.82, 2.24) is 0 Å². The van der Waals surface area contributed by atoms with Crippen molar-refractivity contribution in [2.24, 2.45) is 0 Å². The maximum atomic E-state index is 3.85. The monoisotopic (exact) mass is 214 g/mol. The van der Waals surface area contributed by atoms with E-state index in [1.54, 1.807) is 0 Å². The fourth-order valence-corrected chi connectivity index (χ4v) is 2.58. The Bertz CT molecular complexity index is 466. The third-order valence-corrected chi connectivity index (χ3v) is 3.62. The van der Waals surface area contributed by atoms with Gasteiger partial charge in [-0.3, -0.25) is 0 Å². The Morgan fingerprint density at radius 3 is 2.73 bits per heavy atom. The lowest BCUT2D eigenvalue weighted by Gasteiger charge is -2.04. The molecule has 0 radical (unpaired) electrons. The van der Waals surface area contributed by atoms with Crippen molar-refractivity contribution in [3.05, 3.63) is 63.9 Å². The van der Waals surface area contributed by atoms with E-state index in [1.807, 2.05) is 17.4 Å². The second-order valence-corrected chi connectivity index (χ2v) is 4.61. The molecule has 0 unspecified atom stereocenters. The van der Waals surface area contributed by atoms with E-state index in [9.17, 15) is 0 Å². The van der Waals surface area contributed by atoms with Gasteiger partial charge in [-0.15, -0.1) is 11.3 Å². The van der Waals surface area contributed by atoms with Gasteiger partial charge in [0.1, 0.15) is 0 Å². The minimum absolute atomic E-state index is 1.02. The Morgan fingerprint density at radius 1 is 1.27 bits per heavy atom. The van der Waals surface area contributed by atoms with E-state index in [0.717, 1.165) is 6.42 Å². The summed E-state index contributed by atoms with van der Waals surface area (Å²) in [6.07, 6.45) is 2.95. The number of thiophene rings is 1. The van der Waals surface area contributed by atoms with Crippen LogP contribution in [0.5, 0.6) is 0 Å². The van der Waals surface area contributed by atoms with Crippen LogP contribution in [-0.2, 0) is 6.42 Å². The molecule has 0 amide bonds. The van der Waals surface area contributed by atoms with Gasteiger partial charge >= 0.3 is 0 Å². The van der Waals surface area contributed by atoms with E-state index in [0.29, 0.717) is 0 Å². The molecule has 0 saturated carbocycles. The van der Waals surface area contributed by atoms with Crippen LogP contribution in [0.4, 0.5) is 0 Å². The minimum Gasteiger partial charge on any atom is -0.148 e. The molecule has 0 atom stereocenters. The molecule has 0 aliphatic rings. The maximum absolute atomic E-state index is 3.85. The molecule has 1 aromatic heterocycles. The fraction of sp³-hybridized carbons (Fsp3) is 0.143. The molecule has 15 heavy (non-hydrogen) atoms. The van der Waals surface area contributed by atoms with Crippen molar-refractivity contribution in [1.29, 1.82) is 0 Å². The summed E-state index contributed by atoms with van der Waals surface area (Å²) in [4.78, 5) is 1.45. The number of rotatable bonds is 3. The highest BCUT2D eigenvalue weighted by atomic mass is 32.1. The molecule has 0 spiro atoms. The van der Waals surface area contributed by atoms with E-state index >= 15 is 0 Å². The Morgan fingerprint density at radius 2 is 2.07 bits per heavy atom. The molecule has 76 valence electrons. The van der Waals surface area contributed by atoms with Crippen molar-refractivity contribution in [3.8, 4) is 0 Å². The van der Waals surface area contributed by atoms with E-state index < -0.39 is 0 Å². The summed E-state index contributed by atoms with van der Waals surface area (Å²) in [5.41, 5.74) is 3.99. The summed E-state index contributed by atoms with van der Waals surface area (Å²) < 4.78 is 0. The van der Waals surface area contributed by atoms with Crippen molar-refractivity contribution in [2.45, 2.75) is 13.3 Å². The van der Waals surface area contributed by atoms with Crippen LogP contribution in [0.25, 0.3) is 6.08 Å². The Hall–Kier alpha value is -1.34. The van der Waals surface area contributed by atoms with Gasteiger partial charge in [-0.25, -0.2) is 0 Å².